The lowest BCUT2D eigenvalue weighted by atomic mass is 10.1. The number of halogens is 1. The first kappa shape index (κ1) is 14.1. The SMILES string of the molecule is CCC(c1noc(-c2ccc(F)cn2)n1)N1CCNCC1. The third-order valence-corrected chi connectivity index (χ3v) is 3.67. The van der Waals surface area contributed by atoms with Crippen molar-refractivity contribution < 1.29 is 8.91 Å². The molecule has 1 N–H and O–H groups in total. The summed E-state index contributed by atoms with van der Waals surface area (Å²) >= 11 is 0. The topological polar surface area (TPSA) is 67.1 Å². The average molecular weight is 291 g/mol. The highest BCUT2D eigenvalue weighted by Crippen LogP contribution is 2.24. The molecule has 0 radical (unpaired) electrons. The van der Waals surface area contributed by atoms with Gasteiger partial charge >= 0.3 is 0 Å². The van der Waals surface area contributed by atoms with Gasteiger partial charge < -0.3 is 9.84 Å². The first-order valence-electron chi connectivity index (χ1n) is 7.18. The molecular weight excluding hydrogens is 273 g/mol. The van der Waals surface area contributed by atoms with E-state index in [9.17, 15) is 4.39 Å². The molecule has 3 rings (SSSR count). The van der Waals surface area contributed by atoms with E-state index in [0.717, 1.165) is 38.8 Å². The van der Waals surface area contributed by atoms with Gasteiger partial charge in [-0.2, -0.15) is 4.98 Å². The van der Waals surface area contributed by atoms with E-state index < -0.39 is 0 Å². The molecule has 1 fully saturated rings. The number of aromatic nitrogens is 3. The van der Waals surface area contributed by atoms with Gasteiger partial charge in [0.1, 0.15) is 11.5 Å². The summed E-state index contributed by atoms with van der Waals surface area (Å²) in [4.78, 5) is 10.7. The number of piperazine rings is 1. The lowest BCUT2D eigenvalue weighted by Gasteiger charge is -2.32. The van der Waals surface area contributed by atoms with Gasteiger partial charge in [-0.15, -0.1) is 0 Å². The minimum atomic E-state index is -0.384. The maximum atomic E-state index is 12.9. The molecule has 0 saturated carbocycles. The van der Waals surface area contributed by atoms with Gasteiger partial charge in [0, 0.05) is 26.2 Å². The van der Waals surface area contributed by atoms with Crippen molar-refractivity contribution in [2.75, 3.05) is 26.2 Å². The summed E-state index contributed by atoms with van der Waals surface area (Å²) in [7, 11) is 0. The zero-order valence-electron chi connectivity index (χ0n) is 11.9. The van der Waals surface area contributed by atoms with Gasteiger partial charge in [-0.25, -0.2) is 9.37 Å². The van der Waals surface area contributed by atoms with Crippen LogP contribution < -0.4 is 5.32 Å². The van der Waals surface area contributed by atoms with Crippen LogP contribution in [0.3, 0.4) is 0 Å². The molecule has 0 aliphatic carbocycles. The molecule has 2 aromatic heterocycles. The fraction of sp³-hybridized carbons (Fsp3) is 0.500. The van der Waals surface area contributed by atoms with E-state index in [2.05, 4.69) is 32.3 Å². The predicted octanol–water partition coefficient (Wildman–Crippen LogP) is 1.63. The van der Waals surface area contributed by atoms with Crippen LogP contribution in [-0.4, -0.2) is 46.2 Å². The molecule has 0 bridgehead atoms. The van der Waals surface area contributed by atoms with Crippen LogP contribution >= 0.6 is 0 Å². The van der Waals surface area contributed by atoms with Crippen molar-refractivity contribution in [2.45, 2.75) is 19.4 Å². The molecule has 21 heavy (non-hydrogen) atoms. The Balaban J connectivity index is 1.80. The van der Waals surface area contributed by atoms with Crippen molar-refractivity contribution >= 4 is 0 Å². The second kappa shape index (κ2) is 6.28. The van der Waals surface area contributed by atoms with Crippen molar-refractivity contribution in [3.63, 3.8) is 0 Å². The van der Waals surface area contributed by atoms with Gasteiger partial charge in [-0.05, 0) is 18.6 Å². The fourth-order valence-corrected chi connectivity index (χ4v) is 2.57. The van der Waals surface area contributed by atoms with Gasteiger partial charge in [-0.1, -0.05) is 12.1 Å². The molecule has 7 heteroatoms. The minimum Gasteiger partial charge on any atom is -0.332 e. The van der Waals surface area contributed by atoms with Gasteiger partial charge in [0.2, 0.25) is 0 Å². The second-order valence-electron chi connectivity index (χ2n) is 5.03. The van der Waals surface area contributed by atoms with Crippen molar-refractivity contribution in [1.82, 2.24) is 25.3 Å². The number of hydrogen-bond donors (Lipinski definition) is 1. The van der Waals surface area contributed by atoms with Gasteiger partial charge in [-0.3, -0.25) is 4.90 Å². The summed E-state index contributed by atoms with van der Waals surface area (Å²) in [6.45, 7) is 5.99. The summed E-state index contributed by atoms with van der Waals surface area (Å²) in [6, 6.07) is 3.02. The van der Waals surface area contributed by atoms with E-state index in [0.29, 0.717) is 17.4 Å². The monoisotopic (exact) mass is 291 g/mol. The van der Waals surface area contributed by atoms with E-state index >= 15 is 0 Å². The predicted molar refractivity (Wildman–Crippen MR) is 75.0 cm³/mol. The summed E-state index contributed by atoms with van der Waals surface area (Å²) in [5.41, 5.74) is 0.491. The molecule has 6 nitrogen and oxygen atoms in total. The molecule has 1 aliphatic rings. The van der Waals surface area contributed by atoms with Crippen LogP contribution in [0.2, 0.25) is 0 Å². The standard InChI is InChI=1S/C14H18FN5O/c1-2-12(20-7-5-16-6-8-20)13-18-14(21-19-13)11-4-3-10(15)9-17-11/h3-4,9,12,16H,2,5-8H2,1H3. The molecule has 1 saturated heterocycles. The summed E-state index contributed by atoms with van der Waals surface area (Å²) in [6.07, 6.45) is 2.06. The Morgan fingerprint density at radius 1 is 1.38 bits per heavy atom. The highest BCUT2D eigenvalue weighted by atomic mass is 19.1. The Bertz CT molecular complexity index is 579. The first-order chi connectivity index (χ1) is 10.3. The van der Waals surface area contributed by atoms with Crippen LogP contribution in [0.5, 0.6) is 0 Å². The van der Waals surface area contributed by atoms with E-state index in [4.69, 9.17) is 4.52 Å². The van der Waals surface area contributed by atoms with Crippen molar-refractivity contribution in [3.8, 4) is 11.6 Å². The largest absolute Gasteiger partial charge is 0.332 e. The van der Waals surface area contributed by atoms with Gasteiger partial charge in [0.05, 0.1) is 12.2 Å². The summed E-state index contributed by atoms with van der Waals surface area (Å²) in [5.74, 6) is 0.616. The Labute approximate surface area is 122 Å². The third kappa shape index (κ3) is 3.08. The number of hydrogen-bond acceptors (Lipinski definition) is 6. The molecular formula is C14H18FN5O. The molecule has 1 aliphatic heterocycles. The Morgan fingerprint density at radius 2 is 2.19 bits per heavy atom. The molecule has 1 atom stereocenters. The Kier molecular flexibility index (Phi) is 4.21. The zero-order valence-corrected chi connectivity index (χ0v) is 11.9. The van der Waals surface area contributed by atoms with E-state index in [1.54, 1.807) is 6.07 Å². The van der Waals surface area contributed by atoms with Gasteiger partial charge in [0.25, 0.3) is 5.89 Å². The summed E-state index contributed by atoms with van der Waals surface area (Å²) in [5, 5.41) is 7.41. The highest BCUT2D eigenvalue weighted by molar-refractivity contribution is 5.45. The van der Waals surface area contributed by atoms with Crippen LogP contribution in [-0.2, 0) is 0 Å². The van der Waals surface area contributed by atoms with Crippen molar-refractivity contribution in [1.29, 1.82) is 0 Å². The number of nitrogens with one attached hydrogen (secondary N) is 1. The minimum absolute atomic E-state index is 0.144. The van der Waals surface area contributed by atoms with Crippen LogP contribution in [0.15, 0.2) is 22.9 Å². The smallest absolute Gasteiger partial charge is 0.276 e. The zero-order chi connectivity index (χ0) is 14.7. The van der Waals surface area contributed by atoms with Gasteiger partial charge in [0.15, 0.2) is 5.82 Å². The molecule has 1 unspecified atom stereocenters. The van der Waals surface area contributed by atoms with Crippen molar-refractivity contribution in [2.24, 2.45) is 0 Å². The highest BCUT2D eigenvalue weighted by Gasteiger charge is 2.25. The number of nitrogens with zero attached hydrogens (tertiary/aromatic N) is 4. The molecule has 0 aromatic carbocycles. The summed E-state index contributed by atoms with van der Waals surface area (Å²) < 4.78 is 18.2. The lowest BCUT2D eigenvalue weighted by Crippen LogP contribution is -2.45. The molecule has 2 aromatic rings. The fourth-order valence-electron chi connectivity index (χ4n) is 2.57. The van der Waals surface area contributed by atoms with Crippen molar-refractivity contribution in [3.05, 3.63) is 30.0 Å². The first-order valence-corrected chi connectivity index (χ1v) is 7.18. The van der Waals surface area contributed by atoms with Crippen LogP contribution in [0.4, 0.5) is 4.39 Å². The van der Waals surface area contributed by atoms with Crippen LogP contribution in [0.25, 0.3) is 11.6 Å². The maximum Gasteiger partial charge on any atom is 0.276 e. The van der Waals surface area contributed by atoms with E-state index in [1.165, 1.54) is 6.07 Å². The van der Waals surface area contributed by atoms with Crippen LogP contribution in [0, 0.1) is 5.82 Å². The van der Waals surface area contributed by atoms with Crippen LogP contribution in [0.1, 0.15) is 25.2 Å². The third-order valence-electron chi connectivity index (χ3n) is 3.67. The normalized spacial score (nSPS) is 17.8. The van der Waals surface area contributed by atoms with E-state index in [1.807, 2.05) is 0 Å². The molecule has 112 valence electrons. The Hall–Kier alpha value is -1.86. The van der Waals surface area contributed by atoms with E-state index in [-0.39, 0.29) is 11.9 Å². The number of rotatable bonds is 4. The maximum absolute atomic E-state index is 12.9. The number of pyridine rings is 1. The quantitative estimate of drug-likeness (QED) is 0.923. The molecule has 0 spiro atoms. The molecule has 0 amide bonds. The average Bonchev–Trinajstić information content (AvgIpc) is 2.99. The Morgan fingerprint density at radius 3 is 2.86 bits per heavy atom. The second-order valence-corrected chi connectivity index (χ2v) is 5.03. The molecule has 3 heterocycles. The lowest BCUT2D eigenvalue weighted by molar-refractivity contribution is 0.160.